The minimum Gasteiger partial charge on any atom is -0.326 e. The molecule has 0 bridgehead atoms. The van der Waals surface area contributed by atoms with Crippen LogP contribution in [-0.2, 0) is 6.54 Å². The first-order valence-electron chi connectivity index (χ1n) is 5.81. The molecule has 0 spiro atoms. The van der Waals surface area contributed by atoms with Gasteiger partial charge in [-0.05, 0) is 43.7 Å². The lowest BCUT2D eigenvalue weighted by molar-refractivity contribution is 0.922. The Labute approximate surface area is 127 Å². The summed E-state index contributed by atoms with van der Waals surface area (Å²) in [6.45, 7) is 4.50. The molecule has 1 heterocycles. The molecular formula is C14H14Cl2N2S. The molecule has 0 amide bonds. The molecule has 0 aliphatic heterocycles. The number of rotatable bonds is 3. The van der Waals surface area contributed by atoms with Crippen molar-refractivity contribution in [3.05, 3.63) is 51.1 Å². The first-order chi connectivity index (χ1) is 9.01. The predicted octanol–water partition coefficient (Wildman–Crippen LogP) is 4.62. The van der Waals surface area contributed by atoms with E-state index in [2.05, 4.69) is 11.9 Å². The van der Waals surface area contributed by atoms with Gasteiger partial charge in [0.15, 0.2) is 0 Å². The third-order valence-electron chi connectivity index (χ3n) is 2.75. The summed E-state index contributed by atoms with van der Waals surface area (Å²) in [6, 6.07) is 7.60. The van der Waals surface area contributed by atoms with Gasteiger partial charge in [0.25, 0.3) is 0 Å². The number of benzene rings is 1. The highest BCUT2D eigenvalue weighted by molar-refractivity contribution is 7.99. The van der Waals surface area contributed by atoms with Crippen molar-refractivity contribution < 1.29 is 0 Å². The van der Waals surface area contributed by atoms with Gasteiger partial charge in [-0.15, -0.1) is 0 Å². The fourth-order valence-electron chi connectivity index (χ4n) is 1.81. The van der Waals surface area contributed by atoms with E-state index in [0.29, 0.717) is 16.6 Å². The number of hydrogen-bond donors (Lipinski definition) is 1. The van der Waals surface area contributed by atoms with Crippen LogP contribution in [0.3, 0.4) is 0 Å². The second-order valence-corrected chi connectivity index (χ2v) is 6.12. The number of aryl methyl sites for hydroxylation is 2. The van der Waals surface area contributed by atoms with Crippen LogP contribution in [0.5, 0.6) is 0 Å². The summed E-state index contributed by atoms with van der Waals surface area (Å²) < 4.78 is 0. The van der Waals surface area contributed by atoms with Crippen LogP contribution in [0.25, 0.3) is 0 Å². The lowest BCUT2D eigenvalue weighted by Crippen LogP contribution is -2.04. The maximum atomic E-state index is 6.03. The summed E-state index contributed by atoms with van der Waals surface area (Å²) in [5.74, 6) is 0. The van der Waals surface area contributed by atoms with E-state index in [1.165, 1.54) is 0 Å². The molecular weight excluding hydrogens is 299 g/mol. The largest absolute Gasteiger partial charge is 0.326 e. The van der Waals surface area contributed by atoms with Gasteiger partial charge in [-0.3, -0.25) is 0 Å². The summed E-state index contributed by atoms with van der Waals surface area (Å²) in [5, 5.41) is 2.03. The van der Waals surface area contributed by atoms with Gasteiger partial charge in [-0.1, -0.05) is 35.0 Å². The molecule has 0 unspecified atom stereocenters. The second kappa shape index (κ2) is 6.14. The van der Waals surface area contributed by atoms with Crippen molar-refractivity contribution in [1.29, 1.82) is 0 Å². The molecule has 100 valence electrons. The van der Waals surface area contributed by atoms with Crippen molar-refractivity contribution in [3.63, 3.8) is 0 Å². The fourth-order valence-corrected chi connectivity index (χ4v) is 3.27. The Bertz CT molecular complexity index is 615. The standard InChI is InChI=1S/C14H14Cl2N2S/c1-8-5-9(2)18-14(11(8)7-17)19-10-3-4-12(15)13(16)6-10/h3-6H,7,17H2,1-2H3. The van der Waals surface area contributed by atoms with Gasteiger partial charge < -0.3 is 5.73 Å². The Hall–Kier alpha value is -0.740. The van der Waals surface area contributed by atoms with Crippen LogP contribution in [0.1, 0.15) is 16.8 Å². The van der Waals surface area contributed by atoms with Gasteiger partial charge in [-0.2, -0.15) is 0 Å². The third kappa shape index (κ3) is 3.42. The molecule has 0 aliphatic carbocycles. The molecule has 0 radical (unpaired) electrons. The number of halogens is 2. The highest BCUT2D eigenvalue weighted by atomic mass is 35.5. The van der Waals surface area contributed by atoms with E-state index >= 15 is 0 Å². The molecule has 2 nitrogen and oxygen atoms in total. The molecule has 0 saturated heterocycles. The van der Waals surface area contributed by atoms with Crippen molar-refractivity contribution in [1.82, 2.24) is 4.98 Å². The van der Waals surface area contributed by atoms with Crippen LogP contribution in [0.2, 0.25) is 10.0 Å². The van der Waals surface area contributed by atoms with E-state index in [0.717, 1.165) is 26.7 Å². The highest BCUT2D eigenvalue weighted by Gasteiger charge is 2.10. The number of hydrogen-bond acceptors (Lipinski definition) is 3. The normalized spacial score (nSPS) is 10.8. The smallest absolute Gasteiger partial charge is 0.106 e. The lowest BCUT2D eigenvalue weighted by Gasteiger charge is -2.11. The molecule has 0 atom stereocenters. The summed E-state index contributed by atoms with van der Waals surface area (Å²) in [4.78, 5) is 5.56. The predicted molar refractivity (Wildman–Crippen MR) is 82.2 cm³/mol. The van der Waals surface area contributed by atoms with Gasteiger partial charge in [0, 0.05) is 22.7 Å². The zero-order valence-corrected chi connectivity index (χ0v) is 13.0. The summed E-state index contributed by atoms with van der Waals surface area (Å²) >= 11 is 13.5. The van der Waals surface area contributed by atoms with Crippen molar-refractivity contribution in [2.75, 3.05) is 0 Å². The van der Waals surface area contributed by atoms with Crippen molar-refractivity contribution in [2.24, 2.45) is 5.73 Å². The molecule has 2 aromatic rings. The summed E-state index contributed by atoms with van der Waals surface area (Å²) in [6.07, 6.45) is 0. The molecule has 0 saturated carbocycles. The SMILES string of the molecule is Cc1cc(C)c(CN)c(Sc2ccc(Cl)c(Cl)c2)n1. The summed E-state index contributed by atoms with van der Waals surface area (Å²) in [5.41, 5.74) is 9.03. The Kier molecular flexibility index (Phi) is 4.74. The number of aromatic nitrogens is 1. The summed E-state index contributed by atoms with van der Waals surface area (Å²) in [7, 11) is 0. The van der Waals surface area contributed by atoms with Crippen LogP contribution >= 0.6 is 35.0 Å². The van der Waals surface area contributed by atoms with E-state index in [1.54, 1.807) is 17.8 Å². The Morgan fingerprint density at radius 1 is 1.16 bits per heavy atom. The average molecular weight is 313 g/mol. The topological polar surface area (TPSA) is 38.9 Å². The molecule has 2 rings (SSSR count). The van der Waals surface area contributed by atoms with Crippen molar-refractivity contribution in [3.8, 4) is 0 Å². The molecule has 1 aromatic heterocycles. The molecule has 5 heteroatoms. The lowest BCUT2D eigenvalue weighted by atomic mass is 10.1. The number of pyridine rings is 1. The van der Waals surface area contributed by atoms with E-state index in [-0.39, 0.29) is 0 Å². The number of nitrogens with two attached hydrogens (primary N) is 1. The van der Waals surface area contributed by atoms with Gasteiger partial charge >= 0.3 is 0 Å². The Morgan fingerprint density at radius 3 is 2.53 bits per heavy atom. The van der Waals surface area contributed by atoms with Crippen LogP contribution in [0, 0.1) is 13.8 Å². The minimum atomic E-state index is 0.475. The molecule has 19 heavy (non-hydrogen) atoms. The van der Waals surface area contributed by atoms with E-state index < -0.39 is 0 Å². The van der Waals surface area contributed by atoms with Crippen molar-refractivity contribution in [2.45, 2.75) is 30.3 Å². The zero-order chi connectivity index (χ0) is 14.0. The second-order valence-electron chi connectivity index (χ2n) is 4.25. The zero-order valence-electron chi connectivity index (χ0n) is 10.7. The van der Waals surface area contributed by atoms with Gasteiger partial charge in [0.2, 0.25) is 0 Å². The van der Waals surface area contributed by atoms with Gasteiger partial charge in [-0.25, -0.2) is 4.98 Å². The first-order valence-corrected chi connectivity index (χ1v) is 7.38. The molecule has 0 aliphatic rings. The Morgan fingerprint density at radius 2 is 1.89 bits per heavy atom. The average Bonchev–Trinajstić information content (AvgIpc) is 2.33. The number of nitrogens with zero attached hydrogens (tertiary/aromatic N) is 1. The van der Waals surface area contributed by atoms with E-state index in [1.807, 2.05) is 25.1 Å². The van der Waals surface area contributed by atoms with Crippen LogP contribution < -0.4 is 5.73 Å². The van der Waals surface area contributed by atoms with Gasteiger partial charge in [0.05, 0.1) is 10.0 Å². The molecule has 1 aromatic carbocycles. The monoisotopic (exact) mass is 312 g/mol. The highest BCUT2D eigenvalue weighted by Crippen LogP contribution is 2.34. The van der Waals surface area contributed by atoms with E-state index in [9.17, 15) is 0 Å². The molecule has 0 fully saturated rings. The first kappa shape index (κ1) is 14.7. The Balaban J connectivity index is 2.39. The fraction of sp³-hybridized carbons (Fsp3) is 0.214. The quantitative estimate of drug-likeness (QED) is 0.899. The minimum absolute atomic E-state index is 0.475. The van der Waals surface area contributed by atoms with E-state index in [4.69, 9.17) is 28.9 Å². The maximum absolute atomic E-state index is 6.03. The van der Waals surface area contributed by atoms with Crippen molar-refractivity contribution >= 4 is 35.0 Å². The van der Waals surface area contributed by atoms with Crippen LogP contribution in [-0.4, -0.2) is 4.98 Å². The van der Waals surface area contributed by atoms with Crippen LogP contribution in [0.4, 0.5) is 0 Å². The third-order valence-corrected chi connectivity index (χ3v) is 4.51. The molecule has 2 N–H and O–H groups in total. The van der Waals surface area contributed by atoms with Gasteiger partial charge in [0.1, 0.15) is 5.03 Å². The maximum Gasteiger partial charge on any atom is 0.106 e. The van der Waals surface area contributed by atoms with Crippen LogP contribution in [0.15, 0.2) is 34.2 Å².